The molecule has 7 nitrogen and oxygen atoms in total. The average Bonchev–Trinajstić information content (AvgIpc) is 3.57. The highest BCUT2D eigenvalue weighted by Gasteiger charge is 2.29. The van der Waals surface area contributed by atoms with Gasteiger partial charge in [-0.25, -0.2) is 4.98 Å². The van der Waals surface area contributed by atoms with Gasteiger partial charge in [-0.15, -0.1) is 0 Å². The zero-order valence-corrected chi connectivity index (χ0v) is 25.4. The molecule has 2 aromatic carbocycles. The molecule has 1 amide bonds. The molecule has 42 heavy (non-hydrogen) atoms. The van der Waals surface area contributed by atoms with Gasteiger partial charge < -0.3 is 15.1 Å². The molecule has 1 aliphatic carbocycles. The maximum atomic E-state index is 14.3. The van der Waals surface area contributed by atoms with E-state index in [-0.39, 0.29) is 11.9 Å². The number of nitrogens with one attached hydrogen (secondary N) is 1. The number of amides is 1. The lowest BCUT2D eigenvalue weighted by atomic mass is 9.84. The van der Waals surface area contributed by atoms with Crippen LogP contribution in [-0.4, -0.2) is 83.9 Å². The van der Waals surface area contributed by atoms with Crippen LogP contribution in [-0.2, 0) is 6.54 Å². The summed E-state index contributed by atoms with van der Waals surface area (Å²) in [6.07, 6.45) is 8.74. The predicted octanol–water partition coefficient (Wildman–Crippen LogP) is 5.80. The summed E-state index contributed by atoms with van der Waals surface area (Å²) in [6.45, 7) is 8.82. The standard InChI is InChI=1S/C35H46N6O/c1-26(27-13-5-3-6-14-27)37-34(42)32-29-17-9-10-18-31(29)38-33(28-15-7-4-8-16-28)30(32)25-39-21-23-41(24-22-39)35(36-2)40-19-11-12-20-40/h4,7-10,15-18,26-27H,3,5-6,11-14,19-25H2,1-2H3,(H,37,42). The van der Waals surface area contributed by atoms with Crippen LogP contribution in [0.25, 0.3) is 22.2 Å². The number of aromatic nitrogens is 1. The molecule has 3 fully saturated rings. The van der Waals surface area contributed by atoms with E-state index < -0.39 is 0 Å². The smallest absolute Gasteiger partial charge is 0.252 e. The fourth-order valence-corrected chi connectivity index (χ4v) is 7.26. The van der Waals surface area contributed by atoms with Gasteiger partial charge in [0, 0.05) is 75.4 Å². The molecule has 3 aliphatic rings. The minimum Gasteiger partial charge on any atom is -0.349 e. The molecule has 3 heterocycles. The number of likely N-dealkylation sites (tertiary alicyclic amines) is 1. The van der Waals surface area contributed by atoms with Crippen LogP contribution in [0.5, 0.6) is 0 Å². The second-order valence-corrected chi connectivity index (χ2v) is 12.3. The largest absolute Gasteiger partial charge is 0.349 e. The first-order valence-corrected chi connectivity index (χ1v) is 16.1. The summed E-state index contributed by atoms with van der Waals surface area (Å²) in [5, 5.41) is 4.40. The molecule has 222 valence electrons. The quantitative estimate of drug-likeness (QED) is 0.302. The molecule has 7 heteroatoms. The van der Waals surface area contributed by atoms with Crippen molar-refractivity contribution in [3.63, 3.8) is 0 Å². The van der Waals surface area contributed by atoms with Crippen molar-refractivity contribution in [2.45, 2.75) is 64.5 Å². The Morgan fingerprint density at radius 3 is 2.26 bits per heavy atom. The number of hydrogen-bond acceptors (Lipinski definition) is 4. The van der Waals surface area contributed by atoms with E-state index >= 15 is 0 Å². The van der Waals surface area contributed by atoms with Crippen molar-refractivity contribution < 1.29 is 4.79 Å². The summed E-state index contributed by atoms with van der Waals surface area (Å²) in [4.78, 5) is 31.5. The molecule has 1 aromatic heterocycles. The fraction of sp³-hybridized carbons (Fsp3) is 0.514. The van der Waals surface area contributed by atoms with Crippen LogP contribution in [0.2, 0.25) is 0 Å². The molecule has 1 saturated carbocycles. The summed E-state index contributed by atoms with van der Waals surface area (Å²) in [7, 11) is 1.92. The van der Waals surface area contributed by atoms with E-state index in [1.807, 2.05) is 31.3 Å². The van der Waals surface area contributed by atoms with Crippen LogP contribution >= 0.6 is 0 Å². The molecule has 2 saturated heterocycles. The van der Waals surface area contributed by atoms with Crippen molar-refractivity contribution in [1.82, 2.24) is 25.0 Å². The molecule has 1 N–H and O–H groups in total. The minimum absolute atomic E-state index is 0.0342. The van der Waals surface area contributed by atoms with Crippen LogP contribution in [0.3, 0.4) is 0 Å². The van der Waals surface area contributed by atoms with Crippen LogP contribution < -0.4 is 5.32 Å². The van der Waals surface area contributed by atoms with Crippen LogP contribution in [0, 0.1) is 5.92 Å². The zero-order valence-electron chi connectivity index (χ0n) is 25.4. The summed E-state index contributed by atoms with van der Waals surface area (Å²) >= 11 is 0. The van der Waals surface area contributed by atoms with Gasteiger partial charge in [0.1, 0.15) is 0 Å². The van der Waals surface area contributed by atoms with E-state index in [0.29, 0.717) is 12.5 Å². The van der Waals surface area contributed by atoms with Crippen LogP contribution in [0.1, 0.15) is 67.8 Å². The number of benzene rings is 2. The second-order valence-electron chi connectivity index (χ2n) is 12.3. The Bertz CT molecular complexity index is 1390. The Labute approximate surface area is 251 Å². The van der Waals surface area contributed by atoms with E-state index in [9.17, 15) is 4.79 Å². The van der Waals surface area contributed by atoms with E-state index in [1.54, 1.807) is 0 Å². The third-order valence-electron chi connectivity index (χ3n) is 9.61. The van der Waals surface area contributed by atoms with E-state index in [1.165, 1.54) is 44.9 Å². The number of guanidine groups is 1. The van der Waals surface area contributed by atoms with Crippen LogP contribution in [0.4, 0.5) is 0 Å². The number of piperazine rings is 1. The van der Waals surface area contributed by atoms with Gasteiger partial charge in [0.2, 0.25) is 0 Å². The fourth-order valence-electron chi connectivity index (χ4n) is 7.26. The van der Waals surface area contributed by atoms with Crippen molar-refractivity contribution >= 4 is 22.8 Å². The SMILES string of the molecule is CN=C(N1CCCC1)N1CCN(Cc2c(-c3ccccc3)nc3ccccc3c2C(=O)NC(C)C2CCCCC2)CC1. The van der Waals surface area contributed by atoms with Gasteiger partial charge in [-0.2, -0.15) is 0 Å². The number of aliphatic imine (C=N–C) groups is 1. The number of carbonyl (C=O) groups excluding carboxylic acids is 1. The molecule has 3 aromatic rings. The Kier molecular flexibility index (Phi) is 9.04. The number of carbonyl (C=O) groups is 1. The molecule has 6 rings (SSSR count). The highest BCUT2D eigenvalue weighted by Crippen LogP contribution is 2.33. The van der Waals surface area contributed by atoms with E-state index in [0.717, 1.165) is 78.5 Å². The Hall–Kier alpha value is -3.45. The summed E-state index contributed by atoms with van der Waals surface area (Å²) < 4.78 is 0. The van der Waals surface area contributed by atoms with E-state index in [2.05, 4.69) is 62.3 Å². The number of rotatable bonds is 6. The molecule has 1 atom stereocenters. The van der Waals surface area contributed by atoms with Crippen molar-refractivity contribution in [3.8, 4) is 11.3 Å². The maximum absolute atomic E-state index is 14.3. The molecule has 2 aliphatic heterocycles. The van der Waals surface area contributed by atoms with Crippen molar-refractivity contribution in [3.05, 3.63) is 65.7 Å². The highest BCUT2D eigenvalue weighted by molar-refractivity contribution is 6.09. The van der Waals surface area contributed by atoms with Gasteiger partial charge in [-0.3, -0.25) is 14.7 Å². The van der Waals surface area contributed by atoms with Gasteiger partial charge >= 0.3 is 0 Å². The van der Waals surface area contributed by atoms with Gasteiger partial charge in [-0.05, 0) is 44.6 Å². The number of nitrogens with zero attached hydrogens (tertiary/aromatic N) is 5. The maximum Gasteiger partial charge on any atom is 0.252 e. The number of fused-ring (bicyclic) bond motifs is 1. The zero-order chi connectivity index (χ0) is 28.9. The summed E-state index contributed by atoms with van der Waals surface area (Å²) in [5.74, 6) is 1.72. The Morgan fingerprint density at radius 1 is 0.881 bits per heavy atom. The Morgan fingerprint density at radius 2 is 1.55 bits per heavy atom. The van der Waals surface area contributed by atoms with Gasteiger partial charge in [0.15, 0.2) is 5.96 Å². The first-order chi connectivity index (χ1) is 20.6. The third-order valence-corrected chi connectivity index (χ3v) is 9.61. The first kappa shape index (κ1) is 28.7. The molecular weight excluding hydrogens is 520 g/mol. The van der Waals surface area contributed by atoms with Gasteiger partial charge in [-0.1, -0.05) is 67.8 Å². The van der Waals surface area contributed by atoms with Gasteiger partial charge in [0.05, 0.1) is 16.8 Å². The lowest BCUT2D eigenvalue weighted by Gasteiger charge is -2.39. The highest BCUT2D eigenvalue weighted by atomic mass is 16.1. The first-order valence-electron chi connectivity index (χ1n) is 16.1. The third kappa shape index (κ3) is 6.17. The minimum atomic E-state index is 0.0342. The molecule has 0 bridgehead atoms. The van der Waals surface area contributed by atoms with Crippen molar-refractivity contribution in [2.75, 3.05) is 46.3 Å². The summed E-state index contributed by atoms with van der Waals surface area (Å²) in [6, 6.07) is 18.7. The van der Waals surface area contributed by atoms with Gasteiger partial charge in [0.25, 0.3) is 5.91 Å². The molecule has 0 spiro atoms. The number of pyridine rings is 1. The lowest BCUT2D eigenvalue weighted by Crippen LogP contribution is -2.52. The topological polar surface area (TPSA) is 64.1 Å². The van der Waals surface area contributed by atoms with E-state index in [4.69, 9.17) is 4.98 Å². The number of hydrogen-bond donors (Lipinski definition) is 1. The molecule has 0 radical (unpaired) electrons. The normalized spacial score (nSPS) is 19.8. The second kappa shape index (κ2) is 13.2. The Balaban J connectivity index is 1.32. The summed E-state index contributed by atoms with van der Waals surface area (Å²) in [5.41, 5.74) is 4.67. The molecule has 1 unspecified atom stereocenters. The predicted molar refractivity (Wildman–Crippen MR) is 172 cm³/mol. The average molecular weight is 567 g/mol. The van der Waals surface area contributed by atoms with Crippen molar-refractivity contribution in [2.24, 2.45) is 10.9 Å². The monoisotopic (exact) mass is 566 g/mol. The van der Waals surface area contributed by atoms with Crippen molar-refractivity contribution in [1.29, 1.82) is 0 Å². The number of para-hydroxylation sites is 1. The lowest BCUT2D eigenvalue weighted by molar-refractivity contribution is 0.0918. The van der Waals surface area contributed by atoms with Crippen LogP contribution in [0.15, 0.2) is 59.6 Å². The molecular formula is C35H46N6O.